The van der Waals surface area contributed by atoms with E-state index >= 15 is 13.2 Å². The van der Waals surface area contributed by atoms with Crippen LogP contribution in [0, 0.1) is 0 Å². The summed E-state index contributed by atoms with van der Waals surface area (Å²) in [5.74, 6) is 0. The van der Waals surface area contributed by atoms with Gasteiger partial charge < -0.3 is 21.3 Å². The number of rotatable bonds is 0. The predicted molar refractivity (Wildman–Crippen MR) is 94.5 cm³/mol. The van der Waals surface area contributed by atoms with Crippen LogP contribution in [0.15, 0.2) is 0 Å². The highest BCUT2D eigenvalue weighted by Gasteiger charge is 2.47. The van der Waals surface area contributed by atoms with Crippen molar-refractivity contribution in [3.63, 3.8) is 0 Å². The van der Waals surface area contributed by atoms with Crippen LogP contribution in [-0.4, -0.2) is 66.8 Å². The Morgan fingerprint density at radius 2 is 0.538 bits per heavy atom. The van der Waals surface area contributed by atoms with Crippen molar-refractivity contribution in [2.45, 2.75) is 118 Å². The van der Waals surface area contributed by atoms with Crippen molar-refractivity contribution in [3.8, 4) is 0 Å². The Labute approximate surface area is 153 Å². The molecule has 5 fully saturated rings. The summed E-state index contributed by atoms with van der Waals surface area (Å²) in [5.41, 5.74) is 0. The molecule has 10 atom stereocenters. The highest BCUT2D eigenvalue weighted by atomic mass is 19.1. The molecule has 4 nitrogen and oxygen atoms in total. The van der Waals surface area contributed by atoms with E-state index in [9.17, 15) is 0 Å². The van der Waals surface area contributed by atoms with Crippen molar-refractivity contribution in [2.24, 2.45) is 0 Å². The molecule has 0 spiro atoms. The van der Waals surface area contributed by atoms with Crippen molar-refractivity contribution >= 4 is 0 Å². The molecular formula is C19H31F3N4. The molecule has 0 aliphatic carbocycles. The number of hydrogen-bond donors (Lipinski definition) is 4. The highest BCUT2D eigenvalue weighted by Crippen LogP contribution is 2.34. The summed E-state index contributed by atoms with van der Waals surface area (Å²) in [6.45, 7) is 0. The minimum Gasteiger partial charge on any atom is -0.307 e. The first-order chi connectivity index (χ1) is 12.6. The molecule has 0 amide bonds. The molecule has 5 rings (SSSR count). The van der Waals surface area contributed by atoms with Crippen LogP contribution < -0.4 is 21.3 Å². The smallest absolute Gasteiger partial charge is 0.131 e. The fraction of sp³-hybridized carbons (Fsp3) is 1.00. The monoisotopic (exact) mass is 372 g/mol. The van der Waals surface area contributed by atoms with Gasteiger partial charge in [-0.2, -0.15) is 0 Å². The molecule has 26 heavy (non-hydrogen) atoms. The van der Waals surface area contributed by atoms with Gasteiger partial charge in [0, 0.05) is 48.3 Å². The molecule has 8 bridgehead atoms. The molecule has 4 N–H and O–H groups in total. The van der Waals surface area contributed by atoms with Crippen molar-refractivity contribution in [3.05, 3.63) is 0 Å². The second-order valence-corrected chi connectivity index (χ2v) is 9.16. The van der Waals surface area contributed by atoms with E-state index in [1.54, 1.807) is 0 Å². The summed E-state index contributed by atoms with van der Waals surface area (Å²) in [4.78, 5) is 0. The highest BCUT2D eigenvalue weighted by molar-refractivity contribution is 5.07. The maximum Gasteiger partial charge on any atom is 0.131 e. The summed E-state index contributed by atoms with van der Waals surface area (Å²) in [7, 11) is 0. The van der Waals surface area contributed by atoms with E-state index in [2.05, 4.69) is 21.3 Å². The van der Waals surface area contributed by atoms with Gasteiger partial charge in [0.15, 0.2) is 0 Å². The molecule has 10 unspecified atom stereocenters. The minimum atomic E-state index is -1.08. The number of halogens is 3. The molecule has 5 heterocycles. The molecule has 0 saturated carbocycles. The third kappa shape index (κ3) is 2.99. The minimum absolute atomic E-state index is 0.170. The summed E-state index contributed by atoms with van der Waals surface area (Å²) in [5, 5.41) is 13.4. The zero-order valence-corrected chi connectivity index (χ0v) is 15.1. The van der Waals surface area contributed by atoms with Gasteiger partial charge in [0.1, 0.15) is 18.5 Å². The zero-order chi connectivity index (χ0) is 17.8. The molecule has 148 valence electrons. The number of hydrogen-bond acceptors (Lipinski definition) is 4. The molecule has 5 aliphatic rings. The first kappa shape index (κ1) is 17.7. The van der Waals surface area contributed by atoms with E-state index < -0.39 is 18.5 Å². The van der Waals surface area contributed by atoms with Crippen LogP contribution in [-0.2, 0) is 0 Å². The summed E-state index contributed by atoms with van der Waals surface area (Å²) < 4.78 is 45.2. The van der Waals surface area contributed by atoms with Gasteiger partial charge in [0.2, 0.25) is 0 Å². The van der Waals surface area contributed by atoms with Gasteiger partial charge in [-0.05, 0) is 51.4 Å². The Morgan fingerprint density at radius 3 is 0.808 bits per heavy atom. The molecule has 7 heteroatoms. The SMILES string of the molecule is FC1C2CCC(N2)C2CCC(N2)C(F)C2CCC(N2)C(F)C2CCC1N2. The quantitative estimate of drug-likeness (QED) is 0.521. The second-order valence-electron chi connectivity index (χ2n) is 9.16. The van der Waals surface area contributed by atoms with E-state index in [0.717, 1.165) is 25.7 Å². The maximum absolute atomic E-state index is 15.1. The molecule has 0 aromatic rings. The zero-order valence-electron chi connectivity index (χ0n) is 15.1. The molecule has 5 saturated heterocycles. The molecular weight excluding hydrogens is 341 g/mol. The van der Waals surface area contributed by atoms with Gasteiger partial charge in [0.05, 0.1) is 0 Å². The van der Waals surface area contributed by atoms with E-state index in [1.165, 1.54) is 0 Å². The maximum atomic E-state index is 15.1. The number of fused-ring (bicyclic) bond motifs is 9. The molecule has 0 aromatic heterocycles. The first-order valence-corrected chi connectivity index (χ1v) is 10.6. The fourth-order valence-corrected chi connectivity index (χ4v) is 6.19. The van der Waals surface area contributed by atoms with Gasteiger partial charge in [-0.15, -0.1) is 0 Å². The van der Waals surface area contributed by atoms with Crippen molar-refractivity contribution < 1.29 is 13.2 Å². The van der Waals surface area contributed by atoms with Crippen molar-refractivity contribution in [1.29, 1.82) is 0 Å². The van der Waals surface area contributed by atoms with Crippen LogP contribution in [0.2, 0.25) is 0 Å². The van der Waals surface area contributed by atoms with Crippen LogP contribution in [0.5, 0.6) is 0 Å². The summed E-state index contributed by atoms with van der Waals surface area (Å²) in [6.07, 6.45) is 3.11. The molecule has 0 aromatic carbocycles. The predicted octanol–water partition coefficient (Wildman–Crippen LogP) is 1.50. The average Bonchev–Trinajstić information content (AvgIpc) is 3.45. The fourth-order valence-electron chi connectivity index (χ4n) is 6.19. The van der Waals surface area contributed by atoms with Crippen LogP contribution in [0.25, 0.3) is 0 Å². The van der Waals surface area contributed by atoms with E-state index in [0.29, 0.717) is 25.7 Å². The Kier molecular flexibility index (Phi) is 4.70. The van der Waals surface area contributed by atoms with E-state index in [4.69, 9.17) is 0 Å². The van der Waals surface area contributed by atoms with Crippen molar-refractivity contribution in [2.75, 3.05) is 0 Å². The lowest BCUT2D eigenvalue weighted by Crippen LogP contribution is -2.52. The Hall–Kier alpha value is -0.370. The summed E-state index contributed by atoms with van der Waals surface area (Å²) in [6, 6.07) is -1.07. The van der Waals surface area contributed by atoms with Gasteiger partial charge in [-0.3, -0.25) is 0 Å². The van der Waals surface area contributed by atoms with Gasteiger partial charge in [-0.1, -0.05) is 0 Å². The lowest BCUT2D eigenvalue weighted by molar-refractivity contribution is 0.167. The van der Waals surface area contributed by atoms with Crippen LogP contribution in [0.1, 0.15) is 51.4 Å². The Bertz CT molecular complexity index is 471. The van der Waals surface area contributed by atoms with E-state index in [1.807, 2.05) is 0 Å². The lowest BCUT2D eigenvalue weighted by atomic mass is 10.00. The van der Waals surface area contributed by atoms with Crippen LogP contribution in [0.3, 0.4) is 0 Å². The Balaban J connectivity index is 1.38. The normalized spacial score (nSPS) is 57.1. The van der Waals surface area contributed by atoms with Gasteiger partial charge in [0.25, 0.3) is 0 Å². The van der Waals surface area contributed by atoms with Gasteiger partial charge >= 0.3 is 0 Å². The summed E-state index contributed by atoms with van der Waals surface area (Å²) >= 11 is 0. The lowest BCUT2D eigenvalue weighted by Gasteiger charge is -2.27. The van der Waals surface area contributed by atoms with Crippen LogP contribution >= 0.6 is 0 Å². The third-order valence-corrected chi connectivity index (χ3v) is 7.66. The second kappa shape index (κ2) is 6.90. The topological polar surface area (TPSA) is 48.1 Å². The number of nitrogens with one attached hydrogen (secondary N) is 4. The largest absolute Gasteiger partial charge is 0.307 e. The van der Waals surface area contributed by atoms with Crippen molar-refractivity contribution in [1.82, 2.24) is 21.3 Å². The first-order valence-electron chi connectivity index (χ1n) is 10.6. The van der Waals surface area contributed by atoms with E-state index in [-0.39, 0.29) is 48.3 Å². The molecule has 0 radical (unpaired) electrons. The average molecular weight is 372 g/mol. The van der Waals surface area contributed by atoms with Crippen LogP contribution in [0.4, 0.5) is 13.2 Å². The number of alkyl halides is 3. The Morgan fingerprint density at radius 1 is 0.346 bits per heavy atom. The van der Waals surface area contributed by atoms with Gasteiger partial charge in [-0.25, -0.2) is 13.2 Å². The third-order valence-electron chi connectivity index (χ3n) is 7.66. The molecule has 5 aliphatic heterocycles. The standard InChI is InChI=1S/C19H31F3N4/c20-17-11-3-1-9(23-11)10-2-4-12(24-10)18(21)14-6-8-16(26-14)19(22)15-7-5-13(17)25-15/h9-19,23-26H,1-8H2.